The summed E-state index contributed by atoms with van der Waals surface area (Å²) in [6.45, 7) is 8.25. The number of ether oxygens (including phenoxy) is 2. The van der Waals surface area contributed by atoms with Crippen LogP contribution in [0.15, 0.2) is 42.7 Å². The molecule has 4 rings (SSSR count). The maximum atomic E-state index is 11.7. The number of carbonyl (C=O) groups excluding carboxylic acids is 1. The van der Waals surface area contributed by atoms with Crippen molar-refractivity contribution in [2.75, 3.05) is 32.8 Å². The molecule has 2 aromatic heterocycles. The number of hydrogen-bond acceptors (Lipinski definition) is 7. The third-order valence-electron chi connectivity index (χ3n) is 5.89. The monoisotopic (exact) mass is 469 g/mol. The van der Waals surface area contributed by atoms with Gasteiger partial charge in [-0.1, -0.05) is 38.1 Å². The van der Waals surface area contributed by atoms with E-state index in [1.807, 2.05) is 18.2 Å². The van der Waals surface area contributed by atoms with Gasteiger partial charge in [-0.3, -0.25) is 9.78 Å². The van der Waals surface area contributed by atoms with Crippen LogP contribution in [0.4, 0.5) is 0 Å². The Morgan fingerprint density at radius 1 is 1.24 bits per heavy atom. The zero-order valence-corrected chi connectivity index (χ0v) is 20.2. The van der Waals surface area contributed by atoms with Crippen LogP contribution in [0, 0.1) is 0 Å². The third-order valence-corrected chi connectivity index (χ3v) is 5.89. The molecule has 2 N–H and O–H groups in total. The molecule has 3 heterocycles. The van der Waals surface area contributed by atoms with Gasteiger partial charge in [0.1, 0.15) is 12.7 Å². The van der Waals surface area contributed by atoms with Crippen LogP contribution in [0.3, 0.4) is 0 Å². The zero-order chi connectivity index (χ0) is 22.7. The number of pyridine rings is 1. The van der Waals surface area contributed by atoms with E-state index in [4.69, 9.17) is 20.2 Å². The Labute approximate surface area is 201 Å². The van der Waals surface area contributed by atoms with Crippen molar-refractivity contribution >= 4 is 30.4 Å². The highest BCUT2D eigenvalue weighted by Crippen LogP contribution is 2.29. The number of nitrogens with zero attached hydrogens (tertiary/aromatic N) is 4. The molecular weight excluding hydrogens is 438 g/mol. The Hall–Kier alpha value is -2.75. The van der Waals surface area contributed by atoms with Crippen molar-refractivity contribution in [3.63, 3.8) is 0 Å². The SMILES string of the molecule is CC(=O)N1CCO[C@H](COc2nc(-c3ccc(C(C)(C)CN)cc3)cc3nccnc23)C1.S. The quantitative estimate of drug-likeness (QED) is 0.592. The average Bonchev–Trinajstić information content (AvgIpc) is 2.82. The van der Waals surface area contributed by atoms with E-state index in [9.17, 15) is 4.79 Å². The molecule has 0 aliphatic carbocycles. The van der Waals surface area contributed by atoms with E-state index in [1.165, 1.54) is 5.56 Å². The summed E-state index contributed by atoms with van der Waals surface area (Å²) in [5.74, 6) is 0.441. The van der Waals surface area contributed by atoms with Crippen LogP contribution < -0.4 is 10.5 Å². The van der Waals surface area contributed by atoms with Gasteiger partial charge in [0.15, 0.2) is 5.52 Å². The lowest BCUT2D eigenvalue weighted by atomic mass is 9.84. The Morgan fingerprint density at radius 2 is 1.97 bits per heavy atom. The zero-order valence-electron chi connectivity index (χ0n) is 19.2. The minimum Gasteiger partial charge on any atom is -0.473 e. The molecule has 0 radical (unpaired) electrons. The van der Waals surface area contributed by atoms with Gasteiger partial charge in [-0.25, -0.2) is 9.97 Å². The Balaban J connectivity index is 0.00000306. The minimum atomic E-state index is -0.220. The molecule has 0 bridgehead atoms. The molecule has 0 spiro atoms. The van der Waals surface area contributed by atoms with Crippen LogP contribution in [0.5, 0.6) is 5.88 Å². The Morgan fingerprint density at radius 3 is 2.67 bits per heavy atom. The van der Waals surface area contributed by atoms with E-state index in [0.29, 0.717) is 43.2 Å². The molecule has 3 aromatic rings. The molecule has 1 aliphatic rings. The molecule has 0 saturated carbocycles. The van der Waals surface area contributed by atoms with Crippen molar-refractivity contribution in [1.29, 1.82) is 0 Å². The standard InChI is InChI=1S/C24H29N5O3.H2S/c1-16(30)29-10-11-31-19(13-29)14-32-23-22-21(26-8-9-27-22)12-20(28-23)17-4-6-18(7-5-17)24(2,3)15-25;/h4-9,12,19H,10-11,13-15,25H2,1-3H3;1H2/t19-;/m0./s1. The van der Waals surface area contributed by atoms with Crippen molar-refractivity contribution in [2.24, 2.45) is 5.73 Å². The Kier molecular flexibility index (Phi) is 7.88. The first-order valence-corrected chi connectivity index (χ1v) is 10.8. The van der Waals surface area contributed by atoms with Gasteiger partial charge in [-0.2, -0.15) is 13.5 Å². The van der Waals surface area contributed by atoms with Gasteiger partial charge in [0.2, 0.25) is 11.8 Å². The van der Waals surface area contributed by atoms with Gasteiger partial charge in [-0.05, 0) is 11.6 Å². The second kappa shape index (κ2) is 10.5. The molecule has 1 aromatic carbocycles. The van der Waals surface area contributed by atoms with Crippen LogP contribution in [0.1, 0.15) is 26.3 Å². The second-order valence-corrected chi connectivity index (χ2v) is 8.67. The number of rotatable bonds is 6. The predicted octanol–water partition coefficient (Wildman–Crippen LogP) is 2.67. The first-order valence-electron chi connectivity index (χ1n) is 10.8. The molecule has 0 unspecified atom stereocenters. The topological polar surface area (TPSA) is 103 Å². The highest BCUT2D eigenvalue weighted by atomic mass is 32.1. The number of benzene rings is 1. The van der Waals surface area contributed by atoms with Crippen molar-refractivity contribution in [1.82, 2.24) is 19.9 Å². The molecule has 9 heteroatoms. The maximum absolute atomic E-state index is 11.7. The van der Waals surface area contributed by atoms with Gasteiger partial charge in [0.25, 0.3) is 0 Å². The number of amides is 1. The number of morpholine rings is 1. The third kappa shape index (κ3) is 5.61. The summed E-state index contributed by atoms with van der Waals surface area (Å²) >= 11 is 0. The number of hydrogen-bond donors (Lipinski definition) is 1. The van der Waals surface area contributed by atoms with Crippen molar-refractivity contribution in [3.05, 3.63) is 48.3 Å². The van der Waals surface area contributed by atoms with E-state index < -0.39 is 0 Å². The van der Waals surface area contributed by atoms with Crippen molar-refractivity contribution in [3.8, 4) is 17.1 Å². The molecule has 1 saturated heterocycles. The Bertz CT molecular complexity index is 1110. The smallest absolute Gasteiger partial charge is 0.242 e. The maximum Gasteiger partial charge on any atom is 0.242 e. The van der Waals surface area contributed by atoms with Crippen molar-refractivity contribution < 1.29 is 14.3 Å². The summed E-state index contributed by atoms with van der Waals surface area (Å²) in [6, 6.07) is 10.1. The molecule has 1 amide bonds. The molecule has 1 fully saturated rings. The van der Waals surface area contributed by atoms with Gasteiger partial charge in [-0.15, -0.1) is 0 Å². The summed E-state index contributed by atoms with van der Waals surface area (Å²) in [7, 11) is 0. The molecular formula is C24H31N5O3S. The molecule has 176 valence electrons. The van der Waals surface area contributed by atoms with Gasteiger partial charge < -0.3 is 20.1 Å². The molecule has 8 nitrogen and oxygen atoms in total. The highest BCUT2D eigenvalue weighted by Gasteiger charge is 2.24. The van der Waals surface area contributed by atoms with E-state index in [1.54, 1.807) is 24.2 Å². The lowest BCUT2D eigenvalue weighted by Crippen LogP contribution is -2.46. The summed E-state index contributed by atoms with van der Waals surface area (Å²) in [4.78, 5) is 27.1. The van der Waals surface area contributed by atoms with Gasteiger partial charge >= 0.3 is 0 Å². The molecule has 33 heavy (non-hydrogen) atoms. The first kappa shape index (κ1) is 24.9. The fourth-order valence-electron chi connectivity index (χ4n) is 3.68. The van der Waals surface area contributed by atoms with Crippen molar-refractivity contribution in [2.45, 2.75) is 32.3 Å². The first-order chi connectivity index (χ1) is 15.4. The lowest BCUT2D eigenvalue weighted by molar-refractivity contribution is -0.137. The summed E-state index contributed by atoms with van der Waals surface area (Å²) in [5, 5.41) is 0. The lowest BCUT2D eigenvalue weighted by Gasteiger charge is -2.32. The molecule has 1 atom stereocenters. The van der Waals surface area contributed by atoms with E-state index in [0.717, 1.165) is 11.3 Å². The number of nitrogens with two attached hydrogens (primary N) is 1. The van der Waals surface area contributed by atoms with Crippen LogP contribution in [-0.4, -0.2) is 64.7 Å². The summed E-state index contributed by atoms with van der Waals surface area (Å²) < 4.78 is 11.8. The highest BCUT2D eigenvalue weighted by molar-refractivity contribution is 7.59. The fraction of sp³-hybridized carbons (Fsp3) is 0.417. The summed E-state index contributed by atoms with van der Waals surface area (Å²) in [5.41, 5.74) is 9.99. The van der Waals surface area contributed by atoms with Crippen LogP contribution in [-0.2, 0) is 14.9 Å². The minimum absolute atomic E-state index is 0. The van der Waals surface area contributed by atoms with Gasteiger partial charge in [0, 0.05) is 43.4 Å². The normalized spacial score (nSPS) is 16.4. The predicted molar refractivity (Wildman–Crippen MR) is 133 cm³/mol. The van der Waals surface area contributed by atoms with Crippen LogP contribution >= 0.6 is 13.5 Å². The largest absolute Gasteiger partial charge is 0.473 e. The molecule has 1 aliphatic heterocycles. The number of fused-ring (bicyclic) bond motifs is 1. The van der Waals surface area contributed by atoms with E-state index in [2.05, 4.69) is 35.9 Å². The average molecular weight is 470 g/mol. The van der Waals surface area contributed by atoms with Gasteiger partial charge in [0.05, 0.1) is 24.4 Å². The van der Waals surface area contributed by atoms with Crippen LogP contribution in [0.2, 0.25) is 0 Å². The van der Waals surface area contributed by atoms with E-state index >= 15 is 0 Å². The fourth-order valence-corrected chi connectivity index (χ4v) is 3.68. The number of carbonyl (C=O) groups is 1. The summed E-state index contributed by atoms with van der Waals surface area (Å²) in [6.07, 6.45) is 3.05. The second-order valence-electron chi connectivity index (χ2n) is 8.67. The van der Waals surface area contributed by atoms with E-state index in [-0.39, 0.29) is 37.5 Å². The van der Waals surface area contributed by atoms with Crippen LogP contribution in [0.25, 0.3) is 22.3 Å². The number of aromatic nitrogens is 3.